The molecular formula is C16H17FN2O3. The van der Waals surface area contributed by atoms with Crippen LogP contribution in [0, 0.1) is 11.7 Å². The number of H-pyrrole nitrogens is 1. The Hall–Kier alpha value is -2.37. The summed E-state index contributed by atoms with van der Waals surface area (Å²) >= 11 is 0. The molecule has 1 saturated heterocycles. The molecule has 1 amide bonds. The summed E-state index contributed by atoms with van der Waals surface area (Å²) in [4.78, 5) is 28.5. The molecule has 0 radical (unpaired) electrons. The number of carboxylic acids is 1. The molecule has 2 heterocycles. The van der Waals surface area contributed by atoms with E-state index in [4.69, 9.17) is 0 Å². The summed E-state index contributed by atoms with van der Waals surface area (Å²) in [5.74, 6) is -2.01. The van der Waals surface area contributed by atoms with Gasteiger partial charge in [-0.3, -0.25) is 9.59 Å². The SMILES string of the molecule is C[C@@H]1[C@H](C(=O)O)CCCN1C(=O)c1cc2cc(F)ccc2[nH]1. The van der Waals surface area contributed by atoms with Gasteiger partial charge in [0.2, 0.25) is 0 Å². The minimum atomic E-state index is -0.872. The third-order valence-corrected chi connectivity index (χ3v) is 4.38. The van der Waals surface area contributed by atoms with E-state index in [0.29, 0.717) is 36.0 Å². The number of nitrogens with zero attached hydrogens (tertiary/aromatic N) is 1. The van der Waals surface area contributed by atoms with Crippen molar-refractivity contribution in [1.82, 2.24) is 9.88 Å². The van der Waals surface area contributed by atoms with Gasteiger partial charge in [0, 0.05) is 23.5 Å². The average molecular weight is 304 g/mol. The molecule has 2 aromatic rings. The number of piperidine rings is 1. The molecule has 22 heavy (non-hydrogen) atoms. The molecule has 2 atom stereocenters. The first kappa shape index (κ1) is 14.6. The fraction of sp³-hybridized carbons (Fsp3) is 0.375. The van der Waals surface area contributed by atoms with E-state index in [0.717, 1.165) is 0 Å². The first-order valence-corrected chi connectivity index (χ1v) is 7.29. The molecule has 1 fully saturated rings. The van der Waals surface area contributed by atoms with Crippen LogP contribution in [0.5, 0.6) is 0 Å². The lowest BCUT2D eigenvalue weighted by Crippen LogP contribution is -2.49. The molecule has 3 rings (SSSR count). The summed E-state index contributed by atoms with van der Waals surface area (Å²) in [6.45, 7) is 2.30. The maximum absolute atomic E-state index is 13.2. The fourth-order valence-corrected chi connectivity index (χ4v) is 3.13. The second-order valence-corrected chi connectivity index (χ2v) is 5.74. The van der Waals surface area contributed by atoms with Crippen LogP contribution in [-0.4, -0.2) is 39.5 Å². The number of hydrogen-bond acceptors (Lipinski definition) is 2. The second-order valence-electron chi connectivity index (χ2n) is 5.74. The molecule has 1 aliphatic rings. The Kier molecular flexibility index (Phi) is 3.60. The Labute approximate surface area is 126 Å². The van der Waals surface area contributed by atoms with Crippen LogP contribution in [0.25, 0.3) is 10.9 Å². The van der Waals surface area contributed by atoms with Gasteiger partial charge in [-0.05, 0) is 44.0 Å². The topological polar surface area (TPSA) is 73.4 Å². The maximum Gasteiger partial charge on any atom is 0.308 e. The van der Waals surface area contributed by atoms with E-state index in [1.807, 2.05) is 0 Å². The average Bonchev–Trinajstić information content (AvgIpc) is 2.89. The number of fused-ring (bicyclic) bond motifs is 1. The van der Waals surface area contributed by atoms with Crippen LogP contribution >= 0.6 is 0 Å². The molecule has 0 aliphatic carbocycles. The quantitative estimate of drug-likeness (QED) is 0.895. The van der Waals surface area contributed by atoms with Crippen molar-refractivity contribution in [1.29, 1.82) is 0 Å². The van der Waals surface area contributed by atoms with Gasteiger partial charge in [-0.2, -0.15) is 0 Å². The highest BCUT2D eigenvalue weighted by atomic mass is 19.1. The number of hydrogen-bond donors (Lipinski definition) is 2. The van der Waals surface area contributed by atoms with E-state index in [1.165, 1.54) is 12.1 Å². The minimum absolute atomic E-state index is 0.241. The maximum atomic E-state index is 13.2. The lowest BCUT2D eigenvalue weighted by molar-refractivity contribution is -0.144. The minimum Gasteiger partial charge on any atom is -0.481 e. The third kappa shape index (κ3) is 2.45. The number of carbonyl (C=O) groups excluding carboxylic acids is 1. The van der Waals surface area contributed by atoms with E-state index in [2.05, 4.69) is 4.98 Å². The molecule has 2 N–H and O–H groups in total. The Morgan fingerprint density at radius 1 is 1.36 bits per heavy atom. The van der Waals surface area contributed by atoms with Crippen LogP contribution in [0.2, 0.25) is 0 Å². The van der Waals surface area contributed by atoms with Gasteiger partial charge in [-0.25, -0.2) is 4.39 Å². The first-order chi connectivity index (χ1) is 10.5. The van der Waals surface area contributed by atoms with Gasteiger partial charge in [0.15, 0.2) is 0 Å². The molecule has 6 heteroatoms. The molecule has 116 valence electrons. The smallest absolute Gasteiger partial charge is 0.308 e. The van der Waals surface area contributed by atoms with E-state index in [1.54, 1.807) is 24.0 Å². The summed E-state index contributed by atoms with van der Waals surface area (Å²) in [7, 11) is 0. The van der Waals surface area contributed by atoms with Crippen molar-refractivity contribution in [3.05, 3.63) is 35.8 Å². The molecule has 0 spiro atoms. The first-order valence-electron chi connectivity index (χ1n) is 7.29. The number of likely N-dealkylation sites (tertiary alicyclic amines) is 1. The van der Waals surface area contributed by atoms with Crippen LogP contribution in [-0.2, 0) is 4.79 Å². The van der Waals surface area contributed by atoms with Crippen LogP contribution in [0.3, 0.4) is 0 Å². The lowest BCUT2D eigenvalue weighted by atomic mass is 9.90. The fourth-order valence-electron chi connectivity index (χ4n) is 3.13. The van der Waals surface area contributed by atoms with Crippen molar-refractivity contribution < 1.29 is 19.1 Å². The van der Waals surface area contributed by atoms with Gasteiger partial charge in [-0.1, -0.05) is 0 Å². The number of nitrogens with one attached hydrogen (secondary N) is 1. The second kappa shape index (κ2) is 5.44. The lowest BCUT2D eigenvalue weighted by Gasteiger charge is -2.37. The number of amides is 1. The summed E-state index contributed by atoms with van der Waals surface area (Å²) < 4.78 is 13.2. The molecule has 1 aromatic heterocycles. The molecule has 1 aliphatic heterocycles. The largest absolute Gasteiger partial charge is 0.481 e. The van der Waals surface area contributed by atoms with Crippen LogP contribution < -0.4 is 0 Å². The van der Waals surface area contributed by atoms with Crippen molar-refractivity contribution >= 4 is 22.8 Å². The van der Waals surface area contributed by atoms with Gasteiger partial charge < -0.3 is 15.0 Å². The van der Waals surface area contributed by atoms with Gasteiger partial charge in [0.1, 0.15) is 11.5 Å². The van der Waals surface area contributed by atoms with Gasteiger partial charge >= 0.3 is 5.97 Å². The molecule has 1 aromatic carbocycles. The third-order valence-electron chi connectivity index (χ3n) is 4.38. The van der Waals surface area contributed by atoms with Gasteiger partial charge in [-0.15, -0.1) is 0 Å². The highest BCUT2D eigenvalue weighted by Gasteiger charge is 2.36. The van der Waals surface area contributed by atoms with E-state index >= 15 is 0 Å². The van der Waals surface area contributed by atoms with Crippen molar-refractivity contribution in [2.45, 2.75) is 25.8 Å². The van der Waals surface area contributed by atoms with Crippen molar-refractivity contribution in [3.63, 3.8) is 0 Å². The zero-order valence-electron chi connectivity index (χ0n) is 12.2. The predicted molar refractivity (Wildman–Crippen MR) is 79.1 cm³/mol. The zero-order valence-corrected chi connectivity index (χ0v) is 12.2. The predicted octanol–water partition coefficient (Wildman–Crippen LogP) is 2.63. The van der Waals surface area contributed by atoms with E-state index in [9.17, 15) is 19.1 Å². The number of aromatic amines is 1. The van der Waals surface area contributed by atoms with Crippen molar-refractivity contribution in [3.8, 4) is 0 Å². The standard InChI is InChI=1S/C16H17FN2O3/c1-9-12(16(21)22)3-2-6-19(9)15(20)14-8-10-7-11(17)4-5-13(10)18-14/h4-5,7-9,12,18H,2-3,6H2,1H3,(H,21,22)/t9-,12-/m1/s1. The zero-order chi connectivity index (χ0) is 15.9. The number of benzene rings is 1. The van der Waals surface area contributed by atoms with Crippen LogP contribution in [0.4, 0.5) is 4.39 Å². The summed E-state index contributed by atoms with van der Waals surface area (Å²) in [5, 5.41) is 9.86. The molecule has 0 bridgehead atoms. The number of halogens is 1. The molecule has 5 nitrogen and oxygen atoms in total. The summed E-state index contributed by atoms with van der Waals surface area (Å²) in [6, 6.07) is 5.53. The highest BCUT2D eigenvalue weighted by Crippen LogP contribution is 2.26. The van der Waals surface area contributed by atoms with Crippen molar-refractivity contribution in [2.24, 2.45) is 5.92 Å². The Bertz CT molecular complexity index is 740. The van der Waals surface area contributed by atoms with Gasteiger partial charge in [0.25, 0.3) is 5.91 Å². The number of aromatic nitrogens is 1. The monoisotopic (exact) mass is 304 g/mol. The number of rotatable bonds is 2. The summed E-state index contributed by atoms with van der Waals surface area (Å²) in [5.41, 5.74) is 1.04. The Morgan fingerprint density at radius 2 is 2.14 bits per heavy atom. The number of carboxylic acid groups (broad SMARTS) is 1. The molecule has 0 unspecified atom stereocenters. The van der Waals surface area contributed by atoms with Crippen LogP contribution in [0.1, 0.15) is 30.3 Å². The van der Waals surface area contributed by atoms with E-state index in [-0.39, 0.29) is 17.8 Å². The molecule has 0 saturated carbocycles. The van der Waals surface area contributed by atoms with Crippen molar-refractivity contribution in [2.75, 3.05) is 6.54 Å². The number of aliphatic carboxylic acids is 1. The normalized spacial score (nSPS) is 22.0. The van der Waals surface area contributed by atoms with Crippen LogP contribution in [0.15, 0.2) is 24.3 Å². The Morgan fingerprint density at radius 3 is 2.86 bits per heavy atom. The highest BCUT2D eigenvalue weighted by molar-refractivity contribution is 5.98. The van der Waals surface area contributed by atoms with Gasteiger partial charge in [0.05, 0.1) is 5.92 Å². The Balaban J connectivity index is 1.89. The number of carbonyl (C=O) groups is 2. The molecular weight excluding hydrogens is 287 g/mol. The summed E-state index contributed by atoms with van der Waals surface area (Å²) in [6.07, 6.45) is 1.25. The van der Waals surface area contributed by atoms with E-state index < -0.39 is 11.9 Å².